The van der Waals surface area contributed by atoms with Crippen LogP contribution in [0.2, 0.25) is 0 Å². The maximum atomic E-state index is 13.4. The summed E-state index contributed by atoms with van der Waals surface area (Å²) >= 11 is 0. The molecule has 1 saturated carbocycles. The van der Waals surface area contributed by atoms with Gasteiger partial charge in [0.05, 0.1) is 23.5 Å². The van der Waals surface area contributed by atoms with Gasteiger partial charge in [-0.05, 0) is 46.3 Å². The minimum Gasteiger partial charge on any atom is -0.353 e. The highest BCUT2D eigenvalue weighted by Gasteiger charge is 2.25. The molecule has 1 aliphatic carbocycles. The monoisotopic (exact) mass is 518 g/mol. The molecule has 1 aliphatic heterocycles. The zero-order chi connectivity index (χ0) is 26.8. The molecule has 1 N–H and O–H groups in total. The molecule has 38 heavy (non-hydrogen) atoms. The van der Waals surface area contributed by atoms with Gasteiger partial charge >= 0.3 is 0 Å². The van der Waals surface area contributed by atoms with Gasteiger partial charge in [-0.3, -0.25) is 14.5 Å². The molecule has 3 aromatic rings. The Morgan fingerprint density at radius 2 is 1.74 bits per heavy atom. The molecular formula is C28H38N8O2. The third-order valence-electron chi connectivity index (χ3n) is 7.85. The molecule has 0 atom stereocenters. The molecule has 4 heterocycles. The van der Waals surface area contributed by atoms with Gasteiger partial charge in [0.1, 0.15) is 17.5 Å². The minimum atomic E-state index is -0.200. The van der Waals surface area contributed by atoms with Crippen LogP contribution in [0.3, 0.4) is 0 Å². The van der Waals surface area contributed by atoms with Crippen molar-refractivity contribution in [1.29, 1.82) is 0 Å². The molecule has 3 aromatic heterocycles. The van der Waals surface area contributed by atoms with Gasteiger partial charge in [-0.25, -0.2) is 15.0 Å². The highest BCUT2D eigenvalue weighted by Crippen LogP contribution is 2.33. The second kappa shape index (κ2) is 11.2. The van der Waals surface area contributed by atoms with Gasteiger partial charge in [-0.2, -0.15) is 0 Å². The summed E-state index contributed by atoms with van der Waals surface area (Å²) in [5.41, 5.74) is 1.57. The SMILES string of the molecule is CC(=O)c1c(C)c2cnc(Nc3cnc(N4CCN(CCN(C)C)CC4)cn3)cc2n(C2CCCC2)c1=O. The smallest absolute Gasteiger partial charge is 0.262 e. The van der Waals surface area contributed by atoms with E-state index >= 15 is 0 Å². The lowest BCUT2D eigenvalue weighted by atomic mass is 10.0. The van der Waals surface area contributed by atoms with E-state index in [1.165, 1.54) is 6.92 Å². The zero-order valence-corrected chi connectivity index (χ0v) is 22.9. The number of carbonyl (C=O) groups is 1. The van der Waals surface area contributed by atoms with E-state index in [4.69, 9.17) is 0 Å². The number of piperazine rings is 1. The van der Waals surface area contributed by atoms with Crippen molar-refractivity contribution in [2.75, 3.05) is 63.6 Å². The maximum Gasteiger partial charge on any atom is 0.262 e. The molecule has 2 aliphatic rings. The van der Waals surface area contributed by atoms with Gasteiger partial charge in [0.15, 0.2) is 5.78 Å². The lowest BCUT2D eigenvalue weighted by molar-refractivity contribution is 0.101. The molecule has 10 heteroatoms. The van der Waals surface area contributed by atoms with Crippen molar-refractivity contribution in [1.82, 2.24) is 29.3 Å². The summed E-state index contributed by atoms with van der Waals surface area (Å²) in [5.74, 6) is 1.86. The molecule has 0 aromatic carbocycles. The van der Waals surface area contributed by atoms with Crippen LogP contribution in [0.15, 0.2) is 29.5 Å². The molecule has 5 rings (SSSR count). The topological polar surface area (TPSA) is 99.5 Å². The number of fused-ring (bicyclic) bond motifs is 1. The summed E-state index contributed by atoms with van der Waals surface area (Å²) in [6.45, 7) is 9.35. The summed E-state index contributed by atoms with van der Waals surface area (Å²) in [6.07, 6.45) is 9.34. The van der Waals surface area contributed by atoms with Crippen molar-refractivity contribution in [3.63, 3.8) is 0 Å². The number of likely N-dealkylation sites (N-methyl/N-ethyl adjacent to an activating group) is 1. The van der Waals surface area contributed by atoms with Crippen LogP contribution in [0.5, 0.6) is 0 Å². The average Bonchev–Trinajstić information content (AvgIpc) is 3.42. The third kappa shape index (κ3) is 5.42. The van der Waals surface area contributed by atoms with E-state index in [9.17, 15) is 9.59 Å². The van der Waals surface area contributed by atoms with Crippen molar-refractivity contribution in [2.45, 2.75) is 45.6 Å². The Labute approximate surface area is 223 Å². The minimum absolute atomic E-state index is 0.0985. The first-order valence-corrected chi connectivity index (χ1v) is 13.6. The van der Waals surface area contributed by atoms with Crippen LogP contribution >= 0.6 is 0 Å². The molecule has 0 unspecified atom stereocenters. The van der Waals surface area contributed by atoms with Gasteiger partial charge in [-0.1, -0.05) is 12.8 Å². The van der Waals surface area contributed by atoms with E-state index in [-0.39, 0.29) is 22.9 Å². The standard InChI is InChI=1S/C28H38N8O2/c1-19-22-16-29-24(15-23(22)36(21-7-5-6-8-21)28(38)27(19)20(2)37)32-25-17-31-26(18-30-25)35-13-11-34(12-14-35)10-9-33(3)4/h15-18,21H,5-14H2,1-4H3,(H,29,30,32). The van der Waals surface area contributed by atoms with E-state index in [0.29, 0.717) is 17.2 Å². The van der Waals surface area contributed by atoms with Crippen LogP contribution in [0.1, 0.15) is 54.6 Å². The Morgan fingerprint density at radius 3 is 2.37 bits per heavy atom. The second-order valence-electron chi connectivity index (χ2n) is 10.8. The van der Waals surface area contributed by atoms with Gasteiger partial charge in [-0.15, -0.1) is 0 Å². The summed E-state index contributed by atoms with van der Waals surface area (Å²) in [6, 6.07) is 2.00. The fraction of sp³-hybridized carbons (Fsp3) is 0.536. The van der Waals surface area contributed by atoms with Crippen molar-refractivity contribution in [2.24, 2.45) is 0 Å². The average molecular weight is 519 g/mol. The molecule has 0 radical (unpaired) electrons. The number of aryl methyl sites for hydroxylation is 1. The van der Waals surface area contributed by atoms with Crippen LogP contribution in [0.25, 0.3) is 10.9 Å². The van der Waals surface area contributed by atoms with Crippen LogP contribution in [-0.2, 0) is 0 Å². The summed E-state index contributed by atoms with van der Waals surface area (Å²) < 4.78 is 1.83. The largest absolute Gasteiger partial charge is 0.353 e. The Morgan fingerprint density at radius 1 is 1.03 bits per heavy atom. The molecule has 0 spiro atoms. The molecule has 0 bridgehead atoms. The number of nitrogens with zero attached hydrogens (tertiary/aromatic N) is 7. The maximum absolute atomic E-state index is 13.4. The predicted molar refractivity (Wildman–Crippen MR) is 151 cm³/mol. The third-order valence-corrected chi connectivity index (χ3v) is 7.85. The number of pyridine rings is 2. The van der Waals surface area contributed by atoms with Crippen LogP contribution in [0.4, 0.5) is 17.5 Å². The first-order valence-electron chi connectivity index (χ1n) is 13.6. The van der Waals surface area contributed by atoms with E-state index in [1.54, 1.807) is 18.6 Å². The van der Waals surface area contributed by atoms with E-state index in [1.807, 2.05) is 17.6 Å². The first kappa shape index (κ1) is 26.2. The van der Waals surface area contributed by atoms with Crippen LogP contribution < -0.4 is 15.8 Å². The number of anilines is 3. The molecular weight excluding hydrogens is 480 g/mol. The van der Waals surface area contributed by atoms with Crippen molar-refractivity contribution < 1.29 is 4.79 Å². The number of nitrogens with one attached hydrogen (secondary N) is 1. The van der Waals surface area contributed by atoms with Crippen molar-refractivity contribution >= 4 is 34.1 Å². The Balaban J connectivity index is 1.35. The normalized spacial score (nSPS) is 17.0. The number of Topliss-reactive ketones (excluding diaryl/α,β-unsaturated/α-hetero) is 1. The number of aromatic nitrogens is 4. The number of ketones is 1. The molecule has 0 amide bonds. The van der Waals surface area contributed by atoms with Gasteiger partial charge in [0, 0.05) is 63.0 Å². The van der Waals surface area contributed by atoms with Gasteiger partial charge in [0.25, 0.3) is 5.56 Å². The molecule has 2 fully saturated rings. The first-order chi connectivity index (χ1) is 18.3. The van der Waals surface area contributed by atoms with Crippen LogP contribution in [-0.4, -0.2) is 88.5 Å². The molecule has 10 nitrogen and oxygen atoms in total. The second-order valence-corrected chi connectivity index (χ2v) is 10.8. The van der Waals surface area contributed by atoms with Gasteiger partial charge < -0.3 is 19.7 Å². The lowest BCUT2D eigenvalue weighted by Gasteiger charge is -2.35. The summed E-state index contributed by atoms with van der Waals surface area (Å²) in [4.78, 5) is 46.6. The van der Waals surface area contributed by atoms with E-state index in [0.717, 1.165) is 81.7 Å². The number of hydrogen-bond acceptors (Lipinski definition) is 9. The highest BCUT2D eigenvalue weighted by molar-refractivity contribution is 6.00. The van der Waals surface area contributed by atoms with Gasteiger partial charge in [0.2, 0.25) is 0 Å². The quantitative estimate of drug-likeness (QED) is 0.451. The van der Waals surface area contributed by atoms with Crippen molar-refractivity contribution in [3.8, 4) is 0 Å². The molecule has 1 saturated heterocycles. The fourth-order valence-corrected chi connectivity index (χ4v) is 5.69. The zero-order valence-electron chi connectivity index (χ0n) is 22.9. The van der Waals surface area contributed by atoms with E-state index < -0.39 is 0 Å². The Bertz CT molecular complexity index is 1350. The Hall–Kier alpha value is -3.37. The predicted octanol–water partition coefficient (Wildman–Crippen LogP) is 3.24. The summed E-state index contributed by atoms with van der Waals surface area (Å²) in [5, 5.41) is 4.09. The number of rotatable bonds is 8. The lowest BCUT2D eigenvalue weighted by Crippen LogP contribution is -2.48. The summed E-state index contributed by atoms with van der Waals surface area (Å²) in [7, 11) is 4.21. The molecule has 202 valence electrons. The van der Waals surface area contributed by atoms with E-state index in [2.05, 4.69) is 49.1 Å². The van der Waals surface area contributed by atoms with Crippen LogP contribution in [0, 0.1) is 6.92 Å². The number of hydrogen-bond donors (Lipinski definition) is 1. The van der Waals surface area contributed by atoms with Crippen molar-refractivity contribution in [3.05, 3.63) is 46.1 Å². The fourth-order valence-electron chi connectivity index (χ4n) is 5.69. The Kier molecular flexibility index (Phi) is 7.71. The number of carbonyl (C=O) groups excluding carboxylic acids is 1. The highest BCUT2D eigenvalue weighted by atomic mass is 16.1.